The molecule has 2 heterocycles. The molecule has 0 aliphatic carbocycles. The van der Waals surface area contributed by atoms with E-state index in [1.54, 1.807) is 23.3 Å². The number of thiophene rings is 1. The molecule has 0 aromatic carbocycles. The van der Waals surface area contributed by atoms with Crippen LogP contribution in [0.2, 0.25) is 0 Å². The first-order valence-electron chi connectivity index (χ1n) is 6.86. The SMILES string of the molecule is C[C@H](Cc1ccsc1)NC(=O)N[C@H]1CCC(=O)N(C)C1. The molecule has 1 saturated heterocycles. The maximum atomic E-state index is 11.9. The first-order chi connectivity index (χ1) is 9.54. The van der Waals surface area contributed by atoms with E-state index in [0.29, 0.717) is 13.0 Å². The summed E-state index contributed by atoms with van der Waals surface area (Å²) in [6.45, 7) is 2.58. The van der Waals surface area contributed by atoms with Crippen molar-refractivity contribution in [1.29, 1.82) is 0 Å². The van der Waals surface area contributed by atoms with E-state index < -0.39 is 0 Å². The largest absolute Gasteiger partial charge is 0.344 e. The predicted octanol–water partition coefficient (Wildman–Crippen LogP) is 1.60. The van der Waals surface area contributed by atoms with Gasteiger partial charge in [0.25, 0.3) is 0 Å². The third kappa shape index (κ3) is 4.23. The summed E-state index contributed by atoms with van der Waals surface area (Å²) in [6, 6.07) is 2.06. The van der Waals surface area contributed by atoms with Gasteiger partial charge < -0.3 is 15.5 Å². The summed E-state index contributed by atoms with van der Waals surface area (Å²) >= 11 is 1.66. The van der Waals surface area contributed by atoms with Gasteiger partial charge in [0.1, 0.15) is 0 Å². The van der Waals surface area contributed by atoms with Crippen LogP contribution in [0.15, 0.2) is 16.8 Å². The molecule has 1 aliphatic rings. The monoisotopic (exact) mass is 295 g/mol. The summed E-state index contributed by atoms with van der Waals surface area (Å²) in [5.41, 5.74) is 1.24. The molecule has 0 bridgehead atoms. The zero-order valence-corrected chi connectivity index (χ0v) is 12.7. The second kappa shape index (κ2) is 6.74. The fourth-order valence-corrected chi connectivity index (χ4v) is 3.08. The Morgan fingerprint density at radius 2 is 2.40 bits per heavy atom. The number of nitrogens with one attached hydrogen (secondary N) is 2. The Morgan fingerprint density at radius 1 is 1.60 bits per heavy atom. The Hall–Kier alpha value is -1.56. The zero-order chi connectivity index (χ0) is 14.5. The Morgan fingerprint density at radius 3 is 3.05 bits per heavy atom. The second-order valence-corrected chi connectivity index (χ2v) is 6.14. The molecule has 0 unspecified atom stereocenters. The number of rotatable bonds is 4. The van der Waals surface area contributed by atoms with Crippen LogP contribution in [0.25, 0.3) is 0 Å². The highest BCUT2D eigenvalue weighted by molar-refractivity contribution is 7.07. The summed E-state index contributed by atoms with van der Waals surface area (Å²) in [5.74, 6) is 0.147. The molecule has 1 aromatic rings. The average Bonchev–Trinajstić information content (AvgIpc) is 2.86. The quantitative estimate of drug-likeness (QED) is 0.886. The van der Waals surface area contributed by atoms with E-state index in [0.717, 1.165) is 12.8 Å². The highest BCUT2D eigenvalue weighted by Crippen LogP contribution is 2.10. The van der Waals surface area contributed by atoms with Gasteiger partial charge in [-0.3, -0.25) is 4.79 Å². The molecular formula is C14H21N3O2S. The highest BCUT2D eigenvalue weighted by atomic mass is 32.1. The minimum absolute atomic E-state index is 0.0473. The number of amides is 3. The molecule has 1 aromatic heterocycles. The number of likely N-dealkylation sites (N-methyl/N-ethyl adjacent to an activating group) is 1. The number of piperidine rings is 1. The van der Waals surface area contributed by atoms with E-state index in [1.165, 1.54) is 5.56 Å². The number of carbonyl (C=O) groups is 2. The normalized spacial score (nSPS) is 20.6. The Balaban J connectivity index is 1.73. The second-order valence-electron chi connectivity index (χ2n) is 5.36. The maximum Gasteiger partial charge on any atom is 0.315 e. The molecule has 1 aliphatic heterocycles. The smallest absolute Gasteiger partial charge is 0.315 e. The van der Waals surface area contributed by atoms with Crippen LogP contribution >= 0.6 is 11.3 Å². The van der Waals surface area contributed by atoms with Crippen LogP contribution in [0, 0.1) is 0 Å². The van der Waals surface area contributed by atoms with Gasteiger partial charge in [0.2, 0.25) is 5.91 Å². The van der Waals surface area contributed by atoms with Gasteiger partial charge in [-0.05, 0) is 42.2 Å². The number of hydrogen-bond donors (Lipinski definition) is 2. The van der Waals surface area contributed by atoms with Crippen molar-refractivity contribution in [3.05, 3.63) is 22.4 Å². The minimum Gasteiger partial charge on any atom is -0.344 e. The van der Waals surface area contributed by atoms with Crippen LogP contribution in [-0.2, 0) is 11.2 Å². The lowest BCUT2D eigenvalue weighted by atomic mass is 10.1. The van der Waals surface area contributed by atoms with Crippen molar-refractivity contribution in [3.8, 4) is 0 Å². The molecule has 20 heavy (non-hydrogen) atoms. The van der Waals surface area contributed by atoms with Crippen molar-refractivity contribution in [2.45, 2.75) is 38.3 Å². The van der Waals surface area contributed by atoms with Crippen molar-refractivity contribution in [2.24, 2.45) is 0 Å². The lowest BCUT2D eigenvalue weighted by molar-refractivity contribution is -0.132. The lowest BCUT2D eigenvalue weighted by Gasteiger charge is -2.30. The van der Waals surface area contributed by atoms with E-state index in [9.17, 15) is 9.59 Å². The Bertz CT molecular complexity index is 461. The van der Waals surface area contributed by atoms with Gasteiger partial charge in [-0.15, -0.1) is 0 Å². The molecule has 3 amide bonds. The van der Waals surface area contributed by atoms with E-state index >= 15 is 0 Å². The van der Waals surface area contributed by atoms with Crippen LogP contribution in [-0.4, -0.2) is 42.5 Å². The number of nitrogens with zero attached hydrogens (tertiary/aromatic N) is 1. The molecule has 2 N–H and O–H groups in total. The predicted molar refractivity (Wildman–Crippen MR) is 79.8 cm³/mol. The van der Waals surface area contributed by atoms with Gasteiger partial charge in [-0.2, -0.15) is 11.3 Å². The van der Waals surface area contributed by atoms with E-state index in [1.807, 2.05) is 12.3 Å². The molecule has 0 saturated carbocycles. The van der Waals surface area contributed by atoms with Crippen molar-refractivity contribution < 1.29 is 9.59 Å². The van der Waals surface area contributed by atoms with Crippen LogP contribution in [0.4, 0.5) is 4.79 Å². The number of carbonyl (C=O) groups excluding carboxylic acids is 2. The zero-order valence-electron chi connectivity index (χ0n) is 11.9. The highest BCUT2D eigenvalue weighted by Gasteiger charge is 2.24. The van der Waals surface area contributed by atoms with Crippen molar-refractivity contribution in [1.82, 2.24) is 15.5 Å². The van der Waals surface area contributed by atoms with Gasteiger partial charge in [0, 0.05) is 32.1 Å². The third-order valence-corrected chi connectivity index (χ3v) is 4.19. The van der Waals surface area contributed by atoms with E-state index in [4.69, 9.17) is 0 Å². The van der Waals surface area contributed by atoms with Gasteiger partial charge in [-0.1, -0.05) is 0 Å². The fraction of sp³-hybridized carbons (Fsp3) is 0.571. The molecule has 1 fully saturated rings. The van der Waals surface area contributed by atoms with Crippen LogP contribution in [0.5, 0.6) is 0 Å². The summed E-state index contributed by atoms with van der Waals surface area (Å²) in [5, 5.41) is 10.0. The summed E-state index contributed by atoms with van der Waals surface area (Å²) in [6.07, 6.45) is 2.06. The lowest BCUT2D eigenvalue weighted by Crippen LogP contribution is -2.52. The Labute approximate surface area is 123 Å². The van der Waals surface area contributed by atoms with Crippen molar-refractivity contribution in [3.63, 3.8) is 0 Å². The molecule has 2 atom stereocenters. The summed E-state index contributed by atoms with van der Waals surface area (Å²) < 4.78 is 0. The van der Waals surface area contributed by atoms with Gasteiger partial charge in [-0.25, -0.2) is 4.79 Å². The van der Waals surface area contributed by atoms with Crippen molar-refractivity contribution in [2.75, 3.05) is 13.6 Å². The van der Waals surface area contributed by atoms with Crippen molar-refractivity contribution >= 4 is 23.3 Å². The molecule has 0 radical (unpaired) electrons. The number of likely N-dealkylation sites (tertiary alicyclic amines) is 1. The first kappa shape index (κ1) is 14.8. The Kier molecular flexibility index (Phi) is 5.00. The van der Waals surface area contributed by atoms with Gasteiger partial charge in [0.05, 0.1) is 0 Å². The molecule has 110 valence electrons. The van der Waals surface area contributed by atoms with Gasteiger partial charge in [0.15, 0.2) is 0 Å². The standard InChI is InChI=1S/C14H21N3O2S/c1-10(7-11-5-6-20-9-11)15-14(19)16-12-3-4-13(18)17(2)8-12/h5-6,9-10,12H,3-4,7-8H2,1-2H3,(H2,15,16,19)/t10-,12+/m1/s1. The number of hydrogen-bond acceptors (Lipinski definition) is 3. The molecule has 2 rings (SSSR count). The molecule has 6 heteroatoms. The topological polar surface area (TPSA) is 61.4 Å². The average molecular weight is 295 g/mol. The molecule has 5 nitrogen and oxygen atoms in total. The summed E-state index contributed by atoms with van der Waals surface area (Å²) in [4.78, 5) is 25.0. The maximum absolute atomic E-state index is 11.9. The summed E-state index contributed by atoms with van der Waals surface area (Å²) in [7, 11) is 1.77. The fourth-order valence-electron chi connectivity index (χ4n) is 2.39. The molecular weight excluding hydrogens is 274 g/mol. The van der Waals surface area contributed by atoms with Crippen LogP contribution in [0.1, 0.15) is 25.3 Å². The number of urea groups is 1. The van der Waals surface area contributed by atoms with Gasteiger partial charge >= 0.3 is 6.03 Å². The third-order valence-electron chi connectivity index (χ3n) is 3.46. The van der Waals surface area contributed by atoms with Crippen LogP contribution < -0.4 is 10.6 Å². The van der Waals surface area contributed by atoms with E-state index in [2.05, 4.69) is 22.1 Å². The van der Waals surface area contributed by atoms with E-state index in [-0.39, 0.29) is 24.0 Å². The molecule has 0 spiro atoms. The first-order valence-corrected chi connectivity index (χ1v) is 7.81. The minimum atomic E-state index is -0.152. The van der Waals surface area contributed by atoms with Crippen LogP contribution in [0.3, 0.4) is 0 Å².